The molecule has 1 unspecified atom stereocenters. The number of likely N-dealkylation sites (tertiary alicyclic amines) is 1. The molecule has 2 fully saturated rings. The molecule has 2 nitrogen and oxygen atoms in total. The maximum Gasteiger partial charge on any atom is 0.0306 e. The predicted molar refractivity (Wildman–Crippen MR) is 74.0 cm³/mol. The summed E-state index contributed by atoms with van der Waals surface area (Å²) >= 11 is 0. The van der Waals surface area contributed by atoms with Gasteiger partial charge in [-0.2, -0.15) is 0 Å². The van der Waals surface area contributed by atoms with Crippen molar-refractivity contribution < 1.29 is 0 Å². The van der Waals surface area contributed by atoms with Crippen molar-refractivity contribution >= 4 is 0 Å². The first kappa shape index (κ1) is 13.4. The SMILES string of the molecule is CC1(C)CCCN(C(C)(CN)CC2CC2)CC1. The molecule has 1 aliphatic heterocycles. The highest BCUT2D eigenvalue weighted by molar-refractivity contribution is 4.94. The van der Waals surface area contributed by atoms with E-state index in [2.05, 4.69) is 25.7 Å². The van der Waals surface area contributed by atoms with E-state index in [1.54, 1.807) is 0 Å². The van der Waals surface area contributed by atoms with Crippen LogP contribution in [0.15, 0.2) is 0 Å². The van der Waals surface area contributed by atoms with E-state index >= 15 is 0 Å². The molecule has 0 spiro atoms. The summed E-state index contributed by atoms with van der Waals surface area (Å²) in [6, 6.07) is 0. The van der Waals surface area contributed by atoms with Gasteiger partial charge in [0.05, 0.1) is 0 Å². The van der Waals surface area contributed by atoms with E-state index < -0.39 is 0 Å². The van der Waals surface area contributed by atoms with Crippen molar-refractivity contribution in [3.63, 3.8) is 0 Å². The van der Waals surface area contributed by atoms with Gasteiger partial charge in [0, 0.05) is 12.1 Å². The molecular formula is C15H30N2. The zero-order valence-corrected chi connectivity index (χ0v) is 12.0. The third-order valence-corrected chi connectivity index (χ3v) is 4.97. The summed E-state index contributed by atoms with van der Waals surface area (Å²) in [6.45, 7) is 10.5. The Labute approximate surface area is 107 Å². The second kappa shape index (κ2) is 4.89. The highest BCUT2D eigenvalue weighted by Crippen LogP contribution is 2.40. The van der Waals surface area contributed by atoms with Crippen molar-refractivity contribution in [1.82, 2.24) is 4.90 Å². The van der Waals surface area contributed by atoms with Gasteiger partial charge in [0.1, 0.15) is 0 Å². The van der Waals surface area contributed by atoms with Gasteiger partial charge in [0.25, 0.3) is 0 Å². The molecule has 0 aromatic carbocycles. The summed E-state index contributed by atoms with van der Waals surface area (Å²) in [5, 5.41) is 0. The molecule has 2 heteroatoms. The number of hydrogen-bond acceptors (Lipinski definition) is 2. The topological polar surface area (TPSA) is 29.3 Å². The Morgan fingerprint density at radius 3 is 2.53 bits per heavy atom. The molecule has 1 atom stereocenters. The summed E-state index contributed by atoms with van der Waals surface area (Å²) in [5.74, 6) is 0.972. The maximum atomic E-state index is 6.09. The first-order valence-corrected chi connectivity index (χ1v) is 7.40. The van der Waals surface area contributed by atoms with Crippen LogP contribution in [-0.4, -0.2) is 30.1 Å². The summed E-state index contributed by atoms with van der Waals surface area (Å²) in [5.41, 5.74) is 6.89. The van der Waals surface area contributed by atoms with Gasteiger partial charge >= 0.3 is 0 Å². The van der Waals surface area contributed by atoms with Crippen LogP contribution in [0.2, 0.25) is 0 Å². The Morgan fingerprint density at radius 2 is 1.94 bits per heavy atom. The quantitative estimate of drug-likeness (QED) is 0.816. The molecule has 1 saturated carbocycles. The smallest absolute Gasteiger partial charge is 0.0306 e. The van der Waals surface area contributed by atoms with E-state index in [9.17, 15) is 0 Å². The summed E-state index contributed by atoms with van der Waals surface area (Å²) in [4.78, 5) is 2.69. The van der Waals surface area contributed by atoms with Gasteiger partial charge in [-0.3, -0.25) is 4.90 Å². The molecule has 1 heterocycles. The monoisotopic (exact) mass is 238 g/mol. The van der Waals surface area contributed by atoms with Crippen LogP contribution in [0.25, 0.3) is 0 Å². The van der Waals surface area contributed by atoms with Crippen LogP contribution in [-0.2, 0) is 0 Å². The van der Waals surface area contributed by atoms with Gasteiger partial charge in [-0.1, -0.05) is 26.7 Å². The predicted octanol–water partition coefficient (Wildman–Crippen LogP) is 3.02. The Kier molecular flexibility index (Phi) is 3.84. The van der Waals surface area contributed by atoms with E-state index in [1.807, 2.05) is 0 Å². The van der Waals surface area contributed by atoms with Gasteiger partial charge in [-0.15, -0.1) is 0 Å². The second-order valence-electron chi connectivity index (χ2n) is 7.35. The average Bonchev–Trinajstić information content (AvgIpc) is 3.06. The second-order valence-corrected chi connectivity index (χ2v) is 7.35. The minimum atomic E-state index is 0.265. The minimum Gasteiger partial charge on any atom is -0.329 e. The average molecular weight is 238 g/mol. The lowest BCUT2D eigenvalue weighted by atomic mass is 9.85. The van der Waals surface area contributed by atoms with Gasteiger partial charge < -0.3 is 5.73 Å². The maximum absolute atomic E-state index is 6.09. The van der Waals surface area contributed by atoms with Crippen molar-refractivity contribution in [1.29, 1.82) is 0 Å². The largest absolute Gasteiger partial charge is 0.329 e. The molecule has 0 aromatic heterocycles. The Hall–Kier alpha value is -0.0800. The van der Waals surface area contributed by atoms with Crippen molar-refractivity contribution in [2.45, 2.75) is 64.8 Å². The first-order valence-electron chi connectivity index (χ1n) is 7.40. The van der Waals surface area contributed by atoms with Crippen molar-refractivity contribution in [3.8, 4) is 0 Å². The molecule has 0 bridgehead atoms. The Balaban J connectivity index is 1.98. The number of nitrogens with two attached hydrogens (primary N) is 1. The fourth-order valence-corrected chi connectivity index (χ4v) is 3.25. The van der Waals surface area contributed by atoms with Crippen LogP contribution in [0.3, 0.4) is 0 Å². The lowest BCUT2D eigenvalue weighted by Gasteiger charge is -2.41. The van der Waals surface area contributed by atoms with Crippen LogP contribution in [0.1, 0.15) is 59.3 Å². The highest BCUT2D eigenvalue weighted by Gasteiger charge is 2.38. The summed E-state index contributed by atoms with van der Waals surface area (Å²) in [6.07, 6.45) is 8.24. The zero-order valence-electron chi connectivity index (χ0n) is 12.0. The van der Waals surface area contributed by atoms with E-state index in [4.69, 9.17) is 5.73 Å². The number of hydrogen-bond donors (Lipinski definition) is 1. The van der Waals surface area contributed by atoms with Crippen LogP contribution in [0.5, 0.6) is 0 Å². The lowest BCUT2D eigenvalue weighted by molar-refractivity contribution is 0.0962. The fourth-order valence-electron chi connectivity index (χ4n) is 3.25. The third kappa shape index (κ3) is 3.45. The van der Waals surface area contributed by atoms with Crippen molar-refractivity contribution in [2.75, 3.05) is 19.6 Å². The van der Waals surface area contributed by atoms with Crippen LogP contribution >= 0.6 is 0 Å². The zero-order chi connectivity index (χ0) is 12.5. The van der Waals surface area contributed by atoms with Crippen molar-refractivity contribution in [3.05, 3.63) is 0 Å². The normalized spacial score (nSPS) is 29.6. The molecule has 2 rings (SSSR count). The molecular weight excluding hydrogens is 208 g/mol. The van der Waals surface area contributed by atoms with E-state index in [0.29, 0.717) is 5.41 Å². The molecule has 0 radical (unpaired) electrons. The molecule has 0 aromatic rings. The Morgan fingerprint density at radius 1 is 1.24 bits per heavy atom. The van der Waals surface area contributed by atoms with Crippen LogP contribution in [0, 0.1) is 11.3 Å². The van der Waals surface area contributed by atoms with Gasteiger partial charge in [0.15, 0.2) is 0 Å². The minimum absolute atomic E-state index is 0.265. The molecule has 2 N–H and O–H groups in total. The van der Waals surface area contributed by atoms with E-state index in [-0.39, 0.29) is 5.54 Å². The number of nitrogens with zero attached hydrogens (tertiary/aromatic N) is 1. The molecule has 1 aliphatic carbocycles. The molecule has 0 amide bonds. The van der Waals surface area contributed by atoms with E-state index in [0.717, 1.165) is 12.5 Å². The molecule has 100 valence electrons. The Bertz CT molecular complexity index is 258. The molecule has 2 aliphatic rings. The lowest BCUT2D eigenvalue weighted by Crippen LogP contribution is -2.52. The first-order chi connectivity index (χ1) is 7.95. The molecule has 1 saturated heterocycles. The van der Waals surface area contributed by atoms with Crippen LogP contribution in [0.4, 0.5) is 0 Å². The number of rotatable bonds is 4. The van der Waals surface area contributed by atoms with Gasteiger partial charge in [-0.05, 0) is 57.0 Å². The summed E-state index contributed by atoms with van der Waals surface area (Å²) in [7, 11) is 0. The fraction of sp³-hybridized carbons (Fsp3) is 1.00. The summed E-state index contributed by atoms with van der Waals surface area (Å²) < 4.78 is 0. The van der Waals surface area contributed by atoms with Crippen molar-refractivity contribution in [2.24, 2.45) is 17.1 Å². The van der Waals surface area contributed by atoms with Crippen LogP contribution < -0.4 is 5.73 Å². The molecule has 17 heavy (non-hydrogen) atoms. The van der Waals surface area contributed by atoms with Gasteiger partial charge in [-0.25, -0.2) is 0 Å². The highest BCUT2D eigenvalue weighted by atomic mass is 15.2. The van der Waals surface area contributed by atoms with Gasteiger partial charge in [0.2, 0.25) is 0 Å². The standard InChI is InChI=1S/C15H30N2/c1-14(2)7-4-9-17(10-8-14)15(3,12-16)11-13-5-6-13/h13H,4-12,16H2,1-3H3. The third-order valence-electron chi connectivity index (χ3n) is 4.97. The van der Waals surface area contributed by atoms with E-state index in [1.165, 1.54) is 51.6 Å².